The Morgan fingerprint density at radius 2 is 2.15 bits per heavy atom. The van der Waals surface area contributed by atoms with Crippen LogP contribution in [-0.2, 0) is 13.1 Å². The average molecular weight is 295 g/mol. The highest BCUT2D eigenvalue weighted by molar-refractivity contribution is 7.12. The van der Waals surface area contributed by atoms with Crippen LogP contribution < -0.4 is 5.32 Å². The largest absolute Gasteiger partial charge is 0.312 e. The lowest BCUT2D eigenvalue weighted by Crippen LogP contribution is -2.29. The number of thiophene rings is 1. The number of nitrogens with one attached hydrogen (secondary N) is 1. The molecule has 1 aliphatic rings. The molecule has 0 aliphatic heterocycles. The lowest BCUT2D eigenvalue weighted by atomic mass is 10.1. The zero-order valence-electron chi connectivity index (χ0n) is 13.5. The summed E-state index contributed by atoms with van der Waals surface area (Å²) in [6.45, 7) is 13.7. The van der Waals surface area contributed by atoms with Gasteiger partial charge >= 0.3 is 0 Å². The molecule has 0 aromatic carbocycles. The van der Waals surface area contributed by atoms with Gasteiger partial charge in [-0.3, -0.25) is 4.90 Å². The molecule has 2 nitrogen and oxygen atoms in total. The molecule has 1 fully saturated rings. The molecule has 114 valence electrons. The van der Waals surface area contributed by atoms with Crippen LogP contribution in [0.15, 0.2) is 6.07 Å². The summed E-state index contributed by atoms with van der Waals surface area (Å²) >= 11 is 1.97. The molecule has 1 aromatic heterocycles. The van der Waals surface area contributed by atoms with E-state index < -0.39 is 0 Å². The summed E-state index contributed by atoms with van der Waals surface area (Å²) in [6.07, 6.45) is 4.02. The first-order valence-electron chi connectivity index (χ1n) is 8.13. The van der Waals surface area contributed by atoms with Crippen molar-refractivity contribution < 1.29 is 0 Å². The monoisotopic (exact) mass is 294 g/mol. The van der Waals surface area contributed by atoms with E-state index in [4.69, 9.17) is 0 Å². The Labute approximate surface area is 128 Å². The first-order valence-corrected chi connectivity index (χ1v) is 8.94. The van der Waals surface area contributed by atoms with Crippen LogP contribution in [0.1, 0.15) is 55.4 Å². The molecule has 0 radical (unpaired) electrons. The standard InChI is InChI=1S/C17H30N2S/c1-5-8-18-10-17-9-15(14(4)20-17)12-19(11-13(2)3)16-6-7-16/h9,13,16,18H,5-8,10-12H2,1-4H3. The maximum atomic E-state index is 3.51. The highest BCUT2D eigenvalue weighted by Crippen LogP contribution is 2.31. The second-order valence-electron chi connectivity index (χ2n) is 6.53. The van der Waals surface area contributed by atoms with Gasteiger partial charge in [0.1, 0.15) is 0 Å². The predicted octanol–water partition coefficient (Wildman–Crippen LogP) is 4.18. The average Bonchev–Trinajstić information content (AvgIpc) is 3.16. The molecule has 3 heteroatoms. The van der Waals surface area contributed by atoms with Gasteiger partial charge in [0.2, 0.25) is 0 Å². The number of rotatable bonds is 9. The van der Waals surface area contributed by atoms with Gasteiger partial charge in [0.25, 0.3) is 0 Å². The van der Waals surface area contributed by atoms with Crippen molar-refractivity contribution in [1.29, 1.82) is 0 Å². The maximum Gasteiger partial charge on any atom is 0.0299 e. The summed E-state index contributed by atoms with van der Waals surface area (Å²) in [6, 6.07) is 3.29. The van der Waals surface area contributed by atoms with Crippen LogP contribution in [0.25, 0.3) is 0 Å². The van der Waals surface area contributed by atoms with E-state index >= 15 is 0 Å². The van der Waals surface area contributed by atoms with Crippen LogP contribution in [0.5, 0.6) is 0 Å². The molecule has 1 saturated carbocycles. The molecule has 1 aliphatic carbocycles. The topological polar surface area (TPSA) is 15.3 Å². The first-order chi connectivity index (χ1) is 9.60. The second-order valence-corrected chi connectivity index (χ2v) is 7.87. The van der Waals surface area contributed by atoms with Crippen molar-refractivity contribution in [2.75, 3.05) is 13.1 Å². The summed E-state index contributed by atoms with van der Waals surface area (Å²) in [5, 5.41) is 3.51. The molecular formula is C17H30N2S. The Bertz CT molecular complexity index is 407. The van der Waals surface area contributed by atoms with Crippen LogP contribution in [0, 0.1) is 12.8 Å². The van der Waals surface area contributed by atoms with Gasteiger partial charge in [-0.25, -0.2) is 0 Å². The van der Waals surface area contributed by atoms with E-state index in [9.17, 15) is 0 Å². The highest BCUT2D eigenvalue weighted by Gasteiger charge is 2.29. The molecule has 20 heavy (non-hydrogen) atoms. The van der Waals surface area contributed by atoms with Crippen molar-refractivity contribution in [3.8, 4) is 0 Å². The Hall–Kier alpha value is -0.380. The van der Waals surface area contributed by atoms with Crippen molar-refractivity contribution in [2.24, 2.45) is 5.92 Å². The van der Waals surface area contributed by atoms with Gasteiger partial charge in [-0.1, -0.05) is 20.8 Å². The lowest BCUT2D eigenvalue weighted by Gasteiger charge is -2.24. The summed E-state index contributed by atoms with van der Waals surface area (Å²) in [5.74, 6) is 0.764. The number of nitrogens with zero attached hydrogens (tertiary/aromatic N) is 1. The minimum absolute atomic E-state index is 0.764. The fourth-order valence-electron chi connectivity index (χ4n) is 2.69. The summed E-state index contributed by atoms with van der Waals surface area (Å²) in [5.41, 5.74) is 1.55. The van der Waals surface area contributed by atoms with Gasteiger partial charge in [-0.15, -0.1) is 11.3 Å². The van der Waals surface area contributed by atoms with Gasteiger partial charge in [-0.05, 0) is 50.3 Å². The van der Waals surface area contributed by atoms with Gasteiger partial charge in [0, 0.05) is 35.4 Å². The third kappa shape index (κ3) is 4.87. The van der Waals surface area contributed by atoms with Crippen molar-refractivity contribution in [3.63, 3.8) is 0 Å². The van der Waals surface area contributed by atoms with Crippen molar-refractivity contribution in [3.05, 3.63) is 21.4 Å². The normalized spacial score (nSPS) is 15.5. The van der Waals surface area contributed by atoms with Crippen molar-refractivity contribution >= 4 is 11.3 Å². The second kappa shape index (κ2) is 7.58. The molecule has 0 bridgehead atoms. The van der Waals surface area contributed by atoms with Crippen LogP contribution in [-0.4, -0.2) is 24.0 Å². The fourth-order valence-corrected chi connectivity index (χ4v) is 3.71. The van der Waals surface area contributed by atoms with E-state index in [-0.39, 0.29) is 0 Å². The minimum Gasteiger partial charge on any atom is -0.312 e. The SMILES string of the molecule is CCCNCc1cc(CN(CC(C)C)C2CC2)c(C)s1. The quantitative estimate of drug-likeness (QED) is 0.687. The van der Waals surface area contributed by atoms with E-state index in [1.54, 1.807) is 5.56 Å². The van der Waals surface area contributed by atoms with Crippen molar-refractivity contribution in [2.45, 2.75) is 66.1 Å². The molecule has 1 heterocycles. The van der Waals surface area contributed by atoms with E-state index in [0.29, 0.717) is 0 Å². The zero-order chi connectivity index (χ0) is 14.5. The number of hydrogen-bond acceptors (Lipinski definition) is 3. The first kappa shape index (κ1) is 16.0. The Morgan fingerprint density at radius 3 is 2.75 bits per heavy atom. The van der Waals surface area contributed by atoms with Gasteiger partial charge in [0.05, 0.1) is 0 Å². The highest BCUT2D eigenvalue weighted by atomic mass is 32.1. The summed E-state index contributed by atoms with van der Waals surface area (Å²) in [4.78, 5) is 5.70. The number of hydrogen-bond donors (Lipinski definition) is 1. The van der Waals surface area contributed by atoms with Gasteiger partial charge in [-0.2, -0.15) is 0 Å². The summed E-state index contributed by atoms with van der Waals surface area (Å²) in [7, 11) is 0. The summed E-state index contributed by atoms with van der Waals surface area (Å²) < 4.78 is 0. The molecule has 0 amide bonds. The third-order valence-electron chi connectivity index (χ3n) is 3.83. The Balaban J connectivity index is 1.93. The molecule has 0 atom stereocenters. The molecule has 0 unspecified atom stereocenters. The van der Waals surface area contributed by atoms with E-state index in [1.807, 2.05) is 11.3 Å². The molecule has 1 N–H and O–H groups in total. The molecule has 1 aromatic rings. The fraction of sp³-hybridized carbons (Fsp3) is 0.765. The van der Waals surface area contributed by atoms with E-state index in [1.165, 1.54) is 35.6 Å². The van der Waals surface area contributed by atoms with Crippen molar-refractivity contribution in [1.82, 2.24) is 10.2 Å². The Kier molecular flexibility index (Phi) is 6.06. The molecular weight excluding hydrogens is 264 g/mol. The van der Waals surface area contributed by atoms with E-state index in [0.717, 1.165) is 31.6 Å². The van der Waals surface area contributed by atoms with Gasteiger partial charge < -0.3 is 5.32 Å². The maximum absolute atomic E-state index is 3.51. The zero-order valence-corrected chi connectivity index (χ0v) is 14.4. The molecule has 2 rings (SSSR count). The van der Waals surface area contributed by atoms with Crippen LogP contribution in [0.4, 0.5) is 0 Å². The smallest absolute Gasteiger partial charge is 0.0299 e. The third-order valence-corrected chi connectivity index (χ3v) is 4.93. The van der Waals surface area contributed by atoms with Crippen LogP contribution in [0.3, 0.4) is 0 Å². The predicted molar refractivity (Wildman–Crippen MR) is 89.3 cm³/mol. The Morgan fingerprint density at radius 1 is 1.40 bits per heavy atom. The van der Waals surface area contributed by atoms with E-state index in [2.05, 4.69) is 44.0 Å². The lowest BCUT2D eigenvalue weighted by molar-refractivity contribution is 0.226. The number of aryl methyl sites for hydroxylation is 1. The van der Waals surface area contributed by atoms with Gasteiger partial charge in [0.15, 0.2) is 0 Å². The molecule has 0 spiro atoms. The van der Waals surface area contributed by atoms with Crippen LogP contribution >= 0.6 is 11.3 Å². The minimum atomic E-state index is 0.764. The molecule has 0 saturated heterocycles. The van der Waals surface area contributed by atoms with Crippen LogP contribution in [0.2, 0.25) is 0 Å².